The molecule has 0 unspecified atom stereocenters. The van der Waals surface area contributed by atoms with E-state index in [-0.39, 0.29) is 0 Å². The van der Waals surface area contributed by atoms with Gasteiger partial charge < -0.3 is 0 Å². The van der Waals surface area contributed by atoms with Gasteiger partial charge in [0.25, 0.3) is 0 Å². The molecule has 0 saturated heterocycles. The van der Waals surface area contributed by atoms with Gasteiger partial charge in [0.15, 0.2) is 6.21 Å². The molecule has 2 rings (SSSR count). The van der Waals surface area contributed by atoms with E-state index >= 15 is 0 Å². The van der Waals surface area contributed by atoms with Gasteiger partial charge in [-0.1, -0.05) is 12.1 Å². The molecule has 1 aliphatic rings. The first kappa shape index (κ1) is 5.33. The van der Waals surface area contributed by atoms with Gasteiger partial charge in [-0.05, 0) is 18.2 Å². The van der Waals surface area contributed by atoms with Crippen molar-refractivity contribution in [3.8, 4) is 0 Å². The van der Waals surface area contributed by atoms with Crippen LogP contribution >= 0.6 is 0 Å². The minimum atomic E-state index is 1.03. The van der Waals surface area contributed by atoms with Crippen LogP contribution in [0, 0.1) is 12.1 Å². The average Bonchev–Trinajstić information content (AvgIpc) is 2.05. The Morgan fingerprint density at radius 2 is 2.50 bits per heavy atom. The Labute approximate surface area is 59.7 Å². The highest BCUT2D eigenvalue weighted by Gasteiger charge is 2.01. The van der Waals surface area contributed by atoms with E-state index in [0.717, 1.165) is 11.1 Å². The third-order valence-electron chi connectivity index (χ3n) is 1.43. The lowest BCUT2D eigenvalue weighted by Gasteiger charge is -1.95. The van der Waals surface area contributed by atoms with Gasteiger partial charge in [-0.2, -0.15) is 0 Å². The molecule has 1 nitrogen and oxygen atoms in total. The Morgan fingerprint density at radius 1 is 1.50 bits per heavy atom. The Kier molecular flexibility index (Phi) is 1.09. The van der Waals surface area contributed by atoms with Crippen molar-refractivity contribution in [3.05, 3.63) is 47.7 Å². The van der Waals surface area contributed by atoms with Crippen molar-refractivity contribution < 1.29 is 4.99 Å². The molecule has 1 aromatic rings. The van der Waals surface area contributed by atoms with Crippen LogP contribution in [0.15, 0.2) is 24.4 Å². The normalized spacial score (nSPS) is 12.4. The zero-order chi connectivity index (χ0) is 6.81. The first-order valence-electron chi connectivity index (χ1n) is 3.15. The molecule has 0 fully saturated rings. The van der Waals surface area contributed by atoms with Gasteiger partial charge in [-0.3, -0.25) is 0 Å². The Hall–Kier alpha value is -1.46. The summed E-state index contributed by atoms with van der Waals surface area (Å²) < 4.78 is 0. The second-order valence-electron chi connectivity index (χ2n) is 2.10. The summed E-state index contributed by atoms with van der Waals surface area (Å²) in [6, 6.07) is 8.95. The molecule has 1 aromatic carbocycles. The molecule has 1 N–H and O–H groups in total. The molecule has 0 aromatic heterocycles. The van der Waals surface area contributed by atoms with Crippen LogP contribution in [0.1, 0.15) is 11.1 Å². The fraction of sp³-hybridized carbons (Fsp3) is 0. The zero-order valence-corrected chi connectivity index (χ0v) is 5.39. The van der Waals surface area contributed by atoms with E-state index in [1.807, 2.05) is 24.4 Å². The van der Waals surface area contributed by atoms with Gasteiger partial charge >= 0.3 is 0 Å². The molecule has 1 heteroatoms. The van der Waals surface area contributed by atoms with Crippen LogP contribution in [-0.4, -0.2) is 6.21 Å². The molecule has 1 heterocycles. The van der Waals surface area contributed by atoms with Crippen LogP contribution in [0.4, 0.5) is 0 Å². The lowest BCUT2D eigenvalue weighted by Crippen LogP contribution is -2.62. The van der Waals surface area contributed by atoms with E-state index in [9.17, 15) is 0 Å². The maximum atomic E-state index is 3.08. The maximum absolute atomic E-state index is 3.08. The van der Waals surface area contributed by atoms with Gasteiger partial charge in [0, 0.05) is 5.56 Å². The monoisotopic (exact) mass is 128 g/mol. The summed E-state index contributed by atoms with van der Waals surface area (Å²) in [6.07, 6.45) is 6.75. The molecule has 10 heavy (non-hydrogen) atoms. The quantitative estimate of drug-likeness (QED) is 0.460. The first-order chi connectivity index (χ1) is 4.97. The molecule has 0 radical (unpaired) electrons. The van der Waals surface area contributed by atoms with Crippen LogP contribution in [0.25, 0.3) is 0 Å². The van der Waals surface area contributed by atoms with Crippen LogP contribution < -0.4 is 4.99 Å². The van der Waals surface area contributed by atoms with Gasteiger partial charge in [0.2, 0.25) is 6.20 Å². The zero-order valence-electron chi connectivity index (χ0n) is 5.39. The Balaban J connectivity index is 2.65. The molecular formula is C9H6N+. The first-order valence-corrected chi connectivity index (χ1v) is 3.15. The standard InChI is InChI=1S/C9H5N/c1-2-4-9-7-10-6-5-8(9)3-1/h1-2,4,6-7H/p+1. The molecule has 0 atom stereocenters. The van der Waals surface area contributed by atoms with Crippen LogP contribution in [0.3, 0.4) is 0 Å². The maximum Gasteiger partial charge on any atom is 0.211 e. The highest BCUT2D eigenvalue weighted by molar-refractivity contribution is 5.78. The molecule has 0 bridgehead atoms. The van der Waals surface area contributed by atoms with Crippen LogP contribution in [0.2, 0.25) is 0 Å². The summed E-state index contributed by atoms with van der Waals surface area (Å²) in [6.45, 7) is 0. The summed E-state index contributed by atoms with van der Waals surface area (Å²) in [5.74, 6) is 0. The summed E-state index contributed by atoms with van der Waals surface area (Å²) >= 11 is 0. The molecule has 0 aliphatic carbocycles. The Bertz CT molecular complexity index is 266. The van der Waals surface area contributed by atoms with Crippen molar-refractivity contribution in [2.24, 2.45) is 0 Å². The van der Waals surface area contributed by atoms with Crippen molar-refractivity contribution in [1.29, 1.82) is 0 Å². The van der Waals surface area contributed by atoms with Crippen molar-refractivity contribution in [2.45, 2.75) is 0 Å². The van der Waals surface area contributed by atoms with Crippen LogP contribution in [-0.2, 0) is 0 Å². The minimum Gasteiger partial charge on any atom is -0.210 e. The van der Waals surface area contributed by atoms with Crippen LogP contribution in [0.5, 0.6) is 0 Å². The summed E-state index contributed by atoms with van der Waals surface area (Å²) in [4.78, 5) is 2.96. The molecule has 46 valence electrons. The van der Waals surface area contributed by atoms with Gasteiger partial charge in [0.05, 0.1) is 5.56 Å². The third-order valence-corrected chi connectivity index (χ3v) is 1.43. The average molecular weight is 128 g/mol. The lowest BCUT2D eigenvalue weighted by molar-refractivity contribution is -0.367. The van der Waals surface area contributed by atoms with Crippen molar-refractivity contribution >= 4 is 6.21 Å². The SMILES string of the molecule is [C+]1=C[NH+]=Cc2ccc[c-]c21. The highest BCUT2D eigenvalue weighted by Crippen LogP contribution is 2.04. The van der Waals surface area contributed by atoms with Gasteiger partial charge in [-0.25, -0.2) is 4.99 Å². The summed E-state index contributed by atoms with van der Waals surface area (Å²) in [7, 11) is 0. The Morgan fingerprint density at radius 3 is 3.40 bits per heavy atom. The van der Waals surface area contributed by atoms with E-state index in [0.29, 0.717) is 0 Å². The van der Waals surface area contributed by atoms with E-state index in [1.54, 1.807) is 6.20 Å². The van der Waals surface area contributed by atoms with E-state index in [4.69, 9.17) is 0 Å². The number of nitrogens with one attached hydrogen (secondary N) is 1. The second-order valence-corrected chi connectivity index (χ2v) is 2.10. The molecule has 0 spiro atoms. The number of fused-ring (bicyclic) bond motifs is 1. The number of benzene rings is 1. The predicted molar refractivity (Wildman–Crippen MR) is 38.3 cm³/mol. The van der Waals surface area contributed by atoms with E-state index in [2.05, 4.69) is 17.1 Å². The fourth-order valence-electron chi connectivity index (χ4n) is 0.940. The highest BCUT2D eigenvalue weighted by atomic mass is 14.7. The largest absolute Gasteiger partial charge is 0.211 e. The smallest absolute Gasteiger partial charge is 0.210 e. The third kappa shape index (κ3) is 0.734. The van der Waals surface area contributed by atoms with E-state index in [1.165, 1.54) is 0 Å². The molecule has 0 saturated carbocycles. The molecular weight excluding hydrogens is 122 g/mol. The topological polar surface area (TPSA) is 14.0 Å². The lowest BCUT2D eigenvalue weighted by atomic mass is 10.1. The van der Waals surface area contributed by atoms with Gasteiger partial charge in [0.1, 0.15) is 0 Å². The minimum absolute atomic E-state index is 1.03. The molecule has 1 aliphatic heterocycles. The second kappa shape index (κ2) is 2.05. The number of hydrogen-bond donors (Lipinski definition) is 1. The van der Waals surface area contributed by atoms with Crippen molar-refractivity contribution in [3.63, 3.8) is 0 Å². The van der Waals surface area contributed by atoms with Crippen molar-refractivity contribution in [2.75, 3.05) is 0 Å². The fourth-order valence-corrected chi connectivity index (χ4v) is 0.940. The molecule has 0 amide bonds. The number of rotatable bonds is 0. The van der Waals surface area contributed by atoms with Gasteiger partial charge in [-0.15, -0.1) is 0 Å². The van der Waals surface area contributed by atoms with Crippen molar-refractivity contribution in [1.82, 2.24) is 0 Å². The summed E-state index contributed by atoms with van der Waals surface area (Å²) in [5, 5.41) is 0. The predicted octanol–water partition coefficient (Wildman–Crippen LogP) is -0.335. The van der Waals surface area contributed by atoms with E-state index < -0.39 is 0 Å². The summed E-state index contributed by atoms with van der Waals surface area (Å²) in [5.41, 5.74) is 2.17. The number of hydrogen-bond acceptors (Lipinski definition) is 0.